The van der Waals surface area contributed by atoms with Gasteiger partial charge < -0.3 is 5.32 Å². The summed E-state index contributed by atoms with van der Waals surface area (Å²) in [6, 6.07) is 7.44. The lowest BCUT2D eigenvalue weighted by atomic mass is 9.97. The molecule has 0 saturated heterocycles. The van der Waals surface area contributed by atoms with E-state index in [9.17, 15) is 0 Å². The summed E-state index contributed by atoms with van der Waals surface area (Å²) in [6.45, 7) is 3.27. The third-order valence-electron chi connectivity index (χ3n) is 2.58. The SMILES string of the molecule is CSc1ccc2c(c1)CN[C@H](C)C2. The molecule has 0 saturated carbocycles. The summed E-state index contributed by atoms with van der Waals surface area (Å²) in [4.78, 5) is 1.37. The van der Waals surface area contributed by atoms with Crippen LogP contribution in [0, 0.1) is 0 Å². The summed E-state index contributed by atoms with van der Waals surface area (Å²) in [5.74, 6) is 0. The van der Waals surface area contributed by atoms with Crippen LogP contribution in [0.1, 0.15) is 18.1 Å². The highest BCUT2D eigenvalue weighted by Crippen LogP contribution is 2.22. The van der Waals surface area contributed by atoms with E-state index in [1.807, 2.05) is 11.8 Å². The van der Waals surface area contributed by atoms with Crippen molar-refractivity contribution in [2.75, 3.05) is 6.26 Å². The monoisotopic (exact) mass is 193 g/mol. The predicted octanol–water partition coefficient (Wildman–Crippen LogP) is 2.44. The number of benzene rings is 1. The smallest absolute Gasteiger partial charge is 0.0211 e. The van der Waals surface area contributed by atoms with Crippen molar-refractivity contribution in [2.45, 2.75) is 30.8 Å². The fourth-order valence-electron chi connectivity index (χ4n) is 1.78. The van der Waals surface area contributed by atoms with Gasteiger partial charge in [-0.05, 0) is 42.9 Å². The molecule has 1 aliphatic rings. The molecule has 1 heterocycles. The molecule has 0 fully saturated rings. The second kappa shape index (κ2) is 3.72. The Morgan fingerprint density at radius 3 is 3.00 bits per heavy atom. The van der Waals surface area contributed by atoms with E-state index in [0.717, 1.165) is 6.54 Å². The van der Waals surface area contributed by atoms with E-state index in [0.29, 0.717) is 6.04 Å². The molecule has 1 aromatic carbocycles. The Morgan fingerprint density at radius 2 is 2.23 bits per heavy atom. The first-order chi connectivity index (χ1) is 6.29. The van der Waals surface area contributed by atoms with Crippen LogP contribution in [0.25, 0.3) is 0 Å². The van der Waals surface area contributed by atoms with Crippen LogP contribution in [0.5, 0.6) is 0 Å². The number of rotatable bonds is 1. The van der Waals surface area contributed by atoms with Gasteiger partial charge in [-0.15, -0.1) is 11.8 Å². The highest BCUT2D eigenvalue weighted by Gasteiger charge is 2.13. The Kier molecular flexibility index (Phi) is 2.61. The Bertz CT molecular complexity index is 309. The standard InChI is InChI=1S/C11H15NS/c1-8-5-9-3-4-11(13-2)6-10(9)7-12-8/h3-4,6,8,12H,5,7H2,1-2H3/t8-/m1/s1. The maximum Gasteiger partial charge on any atom is 0.0211 e. The van der Waals surface area contributed by atoms with Crippen molar-refractivity contribution < 1.29 is 0 Å². The van der Waals surface area contributed by atoms with Gasteiger partial charge in [-0.2, -0.15) is 0 Å². The van der Waals surface area contributed by atoms with E-state index in [1.165, 1.54) is 22.4 Å². The average Bonchev–Trinajstić information content (AvgIpc) is 2.17. The Balaban J connectivity index is 2.31. The van der Waals surface area contributed by atoms with E-state index in [4.69, 9.17) is 0 Å². The van der Waals surface area contributed by atoms with Crippen molar-refractivity contribution in [3.8, 4) is 0 Å². The van der Waals surface area contributed by atoms with Crippen molar-refractivity contribution in [3.05, 3.63) is 29.3 Å². The van der Waals surface area contributed by atoms with Crippen LogP contribution in [0.2, 0.25) is 0 Å². The lowest BCUT2D eigenvalue weighted by Gasteiger charge is -2.23. The maximum atomic E-state index is 3.48. The van der Waals surface area contributed by atoms with Crippen LogP contribution in [-0.2, 0) is 13.0 Å². The second-order valence-corrected chi connectivity index (χ2v) is 4.50. The molecule has 1 N–H and O–H groups in total. The zero-order valence-corrected chi connectivity index (χ0v) is 8.95. The molecule has 0 aliphatic carbocycles. The molecule has 13 heavy (non-hydrogen) atoms. The number of nitrogens with one attached hydrogen (secondary N) is 1. The second-order valence-electron chi connectivity index (χ2n) is 3.62. The maximum absolute atomic E-state index is 3.48. The molecular formula is C11H15NS. The molecule has 0 aromatic heterocycles. The average molecular weight is 193 g/mol. The minimum absolute atomic E-state index is 0.632. The Morgan fingerprint density at radius 1 is 1.38 bits per heavy atom. The van der Waals surface area contributed by atoms with Crippen LogP contribution >= 0.6 is 11.8 Å². The van der Waals surface area contributed by atoms with E-state index >= 15 is 0 Å². The van der Waals surface area contributed by atoms with Crippen molar-refractivity contribution in [1.82, 2.24) is 5.32 Å². The fourth-order valence-corrected chi connectivity index (χ4v) is 2.24. The molecule has 0 amide bonds. The van der Waals surface area contributed by atoms with Crippen molar-refractivity contribution in [2.24, 2.45) is 0 Å². The van der Waals surface area contributed by atoms with Crippen molar-refractivity contribution in [3.63, 3.8) is 0 Å². The molecule has 1 aromatic rings. The molecule has 1 atom stereocenters. The van der Waals surface area contributed by atoms with Gasteiger partial charge in [0, 0.05) is 17.5 Å². The van der Waals surface area contributed by atoms with E-state index in [2.05, 4.69) is 36.7 Å². The van der Waals surface area contributed by atoms with Crippen LogP contribution in [0.4, 0.5) is 0 Å². The highest BCUT2D eigenvalue weighted by atomic mass is 32.2. The normalized spacial score (nSPS) is 21.2. The van der Waals surface area contributed by atoms with Crippen LogP contribution < -0.4 is 5.32 Å². The molecule has 1 aliphatic heterocycles. The predicted molar refractivity (Wildman–Crippen MR) is 58.2 cm³/mol. The third kappa shape index (κ3) is 1.89. The van der Waals surface area contributed by atoms with Gasteiger partial charge in [0.25, 0.3) is 0 Å². The van der Waals surface area contributed by atoms with Gasteiger partial charge in [0.05, 0.1) is 0 Å². The number of fused-ring (bicyclic) bond motifs is 1. The van der Waals surface area contributed by atoms with Gasteiger partial charge in [0.2, 0.25) is 0 Å². The summed E-state index contributed by atoms with van der Waals surface area (Å²) in [7, 11) is 0. The zero-order valence-electron chi connectivity index (χ0n) is 8.13. The Labute approximate surface area is 83.9 Å². The summed E-state index contributed by atoms with van der Waals surface area (Å²) in [6.07, 6.45) is 3.30. The van der Waals surface area contributed by atoms with E-state index < -0.39 is 0 Å². The number of thioether (sulfide) groups is 1. The van der Waals surface area contributed by atoms with E-state index in [1.54, 1.807) is 0 Å². The Hall–Kier alpha value is -0.470. The fraction of sp³-hybridized carbons (Fsp3) is 0.455. The third-order valence-corrected chi connectivity index (χ3v) is 3.31. The molecular weight excluding hydrogens is 178 g/mol. The minimum Gasteiger partial charge on any atom is -0.310 e. The topological polar surface area (TPSA) is 12.0 Å². The molecule has 0 unspecified atom stereocenters. The van der Waals surface area contributed by atoms with Gasteiger partial charge in [0.15, 0.2) is 0 Å². The van der Waals surface area contributed by atoms with Crippen LogP contribution in [0.3, 0.4) is 0 Å². The molecule has 0 radical (unpaired) electrons. The van der Waals surface area contributed by atoms with Gasteiger partial charge >= 0.3 is 0 Å². The first-order valence-corrected chi connectivity index (χ1v) is 5.91. The minimum atomic E-state index is 0.632. The van der Waals surface area contributed by atoms with Gasteiger partial charge in [-0.3, -0.25) is 0 Å². The summed E-state index contributed by atoms with van der Waals surface area (Å²) in [5.41, 5.74) is 2.99. The van der Waals surface area contributed by atoms with E-state index in [-0.39, 0.29) is 0 Å². The molecule has 0 bridgehead atoms. The first kappa shape index (κ1) is 9.10. The molecule has 2 heteroatoms. The molecule has 1 nitrogen and oxygen atoms in total. The highest BCUT2D eigenvalue weighted by molar-refractivity contribution is 7.98. The van der Waals surface area contributed by atoms with Crippen molar-refractivity contribution >= 4 is 11.8 Å². The quantitative estimate of drug-likeness (QED) is 0.688. The summed E-state index contributed by atoms with van der Waals surface area (Å²) < 4.78 is 0. The van der Waals surface area contributed by atoms with Crippen molar-refractivity contribution in [1.29, 1.82) is 0 Å². The van der Waals surface area contributed by atoms with Gasteiger partial charge in [-0.25, -0.2) is 0 Å². The molecule has 2 rings (SSSR count). The molecule has 70 valence electrons. The number of hydrogen-bond acceptors (Lipinski definition) is 2. The lowest BCUT2D eigenvalue weighted by molar-refractivity contribution is 0.513. The van der Waals surface area contributed by atoms with Crippen LogP contribution in [-0.4, -0.2) is 12.3 Å². The summed E-state index contributed by atoms with van der Waals surface area (Å²) >= 11 is 1.81. The van der Waals surface area contributed by atoms with Gasteiger partial charge in [0.1, 0.15) is 0 Å². The van der Waals surface area contributed by atoms with Crippen LogP contribution in [0.15, 0.2) is 23.1 Å². The zero-order chi connectivity index (χ0) is 9.26. The molecule has 0 spiro atoms. The summed E-state index contributed by atoms with van der Waals surface area (Å²) in [5, 5.41) is 3.48. The first-order valence-electron chi connectivity index (χ1n) is 4.69. The largest absolute Gasteiger partial charge is 0.310 e. The lowest BCUT2D eigenvalue weighted by Crippen LogP contribution is -2.32. The number of hydrogen-bond donors (Lipinski definition) is 1. The van der Waals surface area contributed by atoms with Gasteiger partial charge in [-0.1, -0.05) is 6.07 Å².